The number of halogens is 4. The van der Waals surface area contributed by atoms with Crippen LogP contribution in [0, 0.1) is 6.92 Å². The summed E-state index contributed by atoms with van der Waals surface area (Å²) in [6.45, 7) is 1.64. The Bertz CT molecular complexity index is 598. The van der Waals surface area contributed by atoms with Gasteiger partial charge in [-0.2, -0.15) is 28.4 Å². The Kier molecular flexibility index (Phi) is 3.41. The highest BCUT2D eigenvalue weighted by atomic mass is 79.9. The normalized spacial score (nSPS) is 22.6. The fraction of sp³-hybridized carbons (Fsp3) is 0.500. The Morgan fingerprint density at radius 2 is 2.15 bits per heavy atom. The lowest BCUT2D eigenvalue weighted by Gasteiger charge is -2.32. The third kappa shape index (κ3) is 2.03. The first kappa shape index (κ1) is 15.0. The first-order chi connectivity index (χ1) is 9.09. The second-order valence-electron chi connectivity index (χ2n) is 4.31. The van der Waals surface area contributed by atoms with Crippen molar-refractivity contribution in [2.24, 2.45) is 12.1 Å². The van der Waals surface area contributed by atoms with Gasteiger partial charge in [0.15, 0.2) is 5.69 Å². The molecular formula is C10H10BrF3N4O2. The molecule has 0 aromatic carbocycles. The van der Waals surface area contributed by atoms with Crippen LogP contribution in [0.15, 0.2) is 9.57 Å². The predicted molar refractivity (Wildman–Crippen MR) is 65.9 cm³/mol. The summed E-state index contributed by atoms with van der Waals surface area (Å²) in [5.74, 6) is -1.13. The minimum absolute atomic E-state index is 0.0134. The van der Waals surface area contributed by atoms with Gasteiger partial charge in [0, 0.05) is 19.7 Å². The van der Waals surface area contributed by atoms with Crippen LogP contribution in [0.2, 0.25) is 0 Å². The number of hydrazone groups is 1. The van der Waals surface area contributed by atoms with Gasteiger partial charge in [-0.3, -0.25) is 9.48 Å². The van der Waals surface area contributed by atoms with Crippen molar-refractivity contribution in [2.45, 2.75) is 25.2 Å². The monoisotopic (exact) mass is 354 g/mol. The van der Waals surface area contributed by atoms with Gasteiger partial charge in [0.2, 0.25) is 0 Å². The molecule has 20 heavy (non-hydrogen) atoms. The highest BCUT2D eigenvalue weighted by Crippen LogP contribution is 2.39. The predicted octanol–water partition coefficient (Wildman–Crippen LogP) is 1.57. The number of aromatic nitrogens is 2. The number of hydrogen-bond acceptors (Lipinski definition) is 4. The van der Waals surface area contributed by atoms with Gasteiger partial charge in [0.05, 0.1) is 10.2 Å². The van der Waals surface area contributed by atoms with Crippen LogP contribution in [0.25, 0.3) is 0 Å². The molecule has 1 aromatic heterocycles. The van der Waals surface area contributed by atoms with Crippen LogP contribution < -0.4 is 0 Å². The maximum absolute atomic E-state index is 12.9. The molecule has 0 fully saturated rings. The number of amides is 1. The first-order valence-corrected chi connectivity index (χ1v) is 6.24. The van der Waals surface area contributed by atoms with Gasteiger partial charge in [0.25, 0.3) is 11.6 Å². The van der Waals surface area contributed by atoms with E-state index in [0.717, 1.165) is 6.21 Å². The van der Waals surface area contributed by atoms with Gasteiger partial charge >= 0.3 is 6.18 Å². The maximum Gasteiger partial charge on any atom is 0.438 e. The second kappa shape index (κ2) is 4.55. The lowest BCUT2D eigenvalue weighted by Crippen LogP contribution is -2.56. The number of aliphatic hydroxyl groups is 1. The van der Waals surface area contributed by atoms with Crippen LogP contribution >= 0.6 is 15.9 Å². The van der Waals surface area contributed by atoms with Crippen LogP contribution in [-0.4, -0.2) is 43.9 Å². The first-order valence-electron chi connectivity index (χ1n) is 5.45. The molecule has 1 N–H and O–H groups in total. The van der Waals surface area contributed by atoms with Crippen LogP contribution in [-0.2, 0) is 7.05 Å². The number of aryl methyl sites for hydroxylation is 1. The average molecular weight is 355 g/mol. The standard InChI is InChI=1S/C10H10BrF3N4O2/c1-5-6(11)7(16-17(5)2)8(19)18-9(20,3-4-15-18)10(12,13)14/h4,20H,3H2,1-2H3/t9-/m1/s1. The molecule has 110 valence electrons. The fourth-order valence-corrected chi connectivity index (χ4v) is 2.21. The van der Waals surface area contributed by atoms with E-state index < -0.39 is 24.2 Å². The summed E-state index contributed by atoms with van der Waals surface area (Å²) in [6, 6.07) is 0. The van der Waals surface area contributed by atoms with E-state index in [1.54, 1.807) is 14.0 Å². The van der Waals surface area contributed by atoms with Crippen LogP contribution in [0.3, 0.4) is 0 Å². The summed E-state index contributed by atoms with van der Waals surface area (Å²) in [5.41, 5.74) is -3.02. The molecule has 2 rings (SSSR count). The molecule has 0 saturated carbocycles. The molecule has 1 aliphatic heterocycles. The van der Waals surface area contributed by atoms with E-state index in [-0.39, 0.29) is 15.2 Å². The third-order valence-corrected chi connectivity index (χ3v) is 3.98. The zero-order chi connectivity index (χ0) is 15.3. The lowest BCUT2D eigenvalue weighted by molar-refractivity contribution is -0.297. The molecule has 1 aromatic rings. The number of alkyl halides is 3. The Labute approximate surface area is 120 Å². The van der Waals surface area contributed by atoms with Crippen molar-refractivity contribution < 1.29 is 23.1 Å². The van der Waals surface area contributed by atoms with E-state index in [9.17, 15) is 23.1 Å². The Balaban J connectivity index is 2.43. The molecule has 1 atom stereocenters. The summed E-state index contributed by atoms with van der Waals surface area (Å²) >= 11 is 3.09. The molecule has 2 heterocycles. The van der Waals surface area contributed by atoms with E-state index in [4.69, 9.17) is 0 Å². The van der Waals surface area contributed by atoms with Crippen molar-refractivity contribution in [2.75, 3.05) is 0 Å². The van der Waals surface area contributed by atoms with Crippen molar-refractivity contribution in [3.05, 3.63) is 15.9 Å². The molecule has 0 aliphatic carbocycles. The Morgan fingerprint density at radius 1 is 1.55 bits per heavy atom. The zero-order valence-corrected chi connectivity index (χ0v) is 12.0. The average Bonchev–Trinajstić information content (AvgIpc) is 2.85. The van der Waals surface area contributed by atoms with Crippen LogP contribution in [0.5, 0.6) is 0 Å². The number of hydrogen-bond donors (Lipinski definition) is 1. The van der Waals surface area contributed by atoms with Crippen molar-refractivity contribution in [1.82, 2.24) is 14.8 Å². The Hall–Kier alpha value is -1.42. The quantitative estimate of drug-likeness (QED) is 0.832. The molecule has 1 amide bonds. The summed E-state index contributed by atoms with van der Waals surface area (Å²) in [4.78, 5) is 12.1. The van der Waals surface area contributed by atoms with Crippen LogP contribution in [0.1, 0.15) is 22.6 Å². The van der Waals surface area contributed by atoms with Crippen molar-refractivity contribution >= 4 is 28.1 Å². The largest absolute Gasteiger partial charge is 0.438 e. The molecule has 0 spiro atoms. The molecule has 0 radical (unpaired) electrons. The topological polar surface area (TPSA) is 70.7 Å². The SMILES string of the molecule is Cc1c(Br)c(C(=O)N2N=CC[C@@]2(O)C(F)(F)F)nn1C. The van der Waals surface area contributed by atoms with E-state index in [1.807, 2.05) is 0 Å². The minimum atomic E-state index is -5.02. The molecule has 1 aliphatic rings. The number of carbonyl (C=O) groups excluding carboxylic acids is 1. The smallest absolute Gasteiger partial charge is 0.362 e. The maximum atomic E-state index is 12.9. The van der Waals surface area contributed by atoms with E-state index in [1.165, 1.54) is 4.68 Å². The highest BCUT2D eigenvalue weighted by molar-refractivity contribution is 9.10. The molecule has 0 bridgehead atoms. The highest BCUT2D eigenvalue weighted by Gasteiger charge is 2.62. The summed E-state index contributed by atoms with van der Waals surface area (Å²) in [6.07, 6.45) is -4.99. The lowest BCUT2D eigenvalue weighted by atomic mass is 10.1. The van der Waals surface area contributed by atoms with Gasteiger partial charge in [-0.1, -0.05) is 0 Å². The van der Waals surface area contributed by atoms with Crippen molar-refractivity contribution in [1.29, 1.82) is 0 Å². The minimum Gasteiger partial charge on any atom is -0.362 e. The molecule has 10 heteroatoms. The molecular weight excluding hydrogens is 345 g/mol. The van der Waals surface area contributed by atoms with Gasteiger partial charge < -0.3 is 5.11 Å². The third-order valence-electron chi connectivity index (χ3n) is 3.03. The number of nitrogens with zero attached hydrogens (tertiary/aromatic N) is 4. The molecule has 6 nitrogen and oxygen atoms in total. The van der Waals surface area contributed by atoms with Crippen LogP contribution in [0.4, 0.5) is 13.2 Å². The second-order valence-corrected chi connectivity index (χ2v) is 5.10. The van der Waals surface area contributed by atoms with E-state index >= 15 is 0 Å². The van der Waals surface area contributed by atoms with Gasteiger partial charge in [-0.15, -0.1) is 0 Å². The summed E-state index contributed by atoms with van der Waals surface area (Å²) in [5, 5.41) is 16.9. The van der Waals surface area contributed by atoms with Gasteiger partial charge in [-0.05, 0) is 22.9 Å². The van der Waals surface area contributed by atoms with Crippen molar-refractivity contribution in [3.63, 3.8) is 0 Å². The summed E-state index contributed by atoms with van der Waals surface area (Å²) in [7, 11) is 1.54. The van der Waals surface area contributed by atoms with Gasteiger partial charge in [-0.25, -0.2) is 0 Å². The van der Waals surface area contributed by atoms with E-state index in [0.29, 0.717) is 5.69 Å². The van der Waals surface area contributed by atoms with Gasteiger partial charge in [0.1, 0.15) is 0 Å². The molecule has 0 unspecified atom stereocenters. The van der Waals surface area contributed by atoms with E-state index in [2.05, 4.69) is 26.1 Å². The fourth-order valence-electron chi connectivity index (χ4n) is 1.71. The summed E-state index contributed by atoms with van der Waals surface area (Å²) < 4.78 is 40.3. The zero-order valence-electron chi connectivity index (χ0n) is 10.4. The number of rotatable bonds is 1. The number of carbonyl (C=O) groups is 1. The molecule has 0 saturated heterocycles. The Morgan fingerprint density at radius 3 is 2.60 bits per heavy atom. The van der Waals surface area contributed by atoms with Crippen molar-refractivity contribution in [3.8, 4) is 0 Å².